The summed E-state index contributed by atoms with van der Waals surface area (Å²) >= 11 is 6.02. The highest BCUT2D eigenvalue weighted by atomic mass is 35.5. The van der Waals surface area contributed by atoms with Gasteiger partial charge in [0.15, 0.2) is 0 Å². The van der Waals surface area contributed by atoms with E-state index < -0.39 is 0 Å². The van der Waals surface area contributed by atoms with Gasteiger partial charge >= 0.3 is 0 Å². The SMILES string of the molecule is CCC(C)(C)C1CCC(NCc2cccc(Cl)c2)CC1. The van der Waals surface area contributed by atoms with Crippen molar-refractivity contribution in [2.24, 2.45) is 11.3 Å². The van der Waals surface area contributed by atoms with E-state index in [1.54, 1.807) is 0 Å². The van der Waals surface area contributed by atoms with E-state index in [-0.39, 0.29) is 0 Å². The van der Waals surface area contributed by atoms with Gasteiger partial charge in [0.25, 0.3) is 0 Å². The molecule has 1 nitrogen and oxygen atoms in total. The molecule has 0 saturated heterocycles. The molecule has 0 heterocycles. The second-order valence-corrected chi connectivity index (χ2v) is 7.34. The Labute approximate surface area is 129 Å². The maximum absolute atomic E-state index is 6.02. The third kappa shape index (κ3) is 4.23. The lowest BCUT2D eigenvalue weighted by Gasteiger charge is -2.39. The molecule has 1 fully saturated rings. The maximum atomic E-state index is 6.02. The lowest BCUT2D eigenvalue weighted by Crippen LogP contribution is -2.36. The van der Waals surface area contributed by atoms with Crippen molar-refractivity contribution in [3.8, 4) is 0 Å². The summed E-state index contributed by atoms with van der Waals surface area (Å²) in [5.41, 5.74) is 1.80. The first-order valence-electron chi connectivity index (χ1n) is 7.99. The largest absolute Gasteiger partial charge is 0.310 e. The first-order valence-corrected chi connectivity index (χ1v) is 8.37. The lowest BCUT2D eigenvalue weighted by molar-refractivity contribution is 0.137. The fourth-order valence-electron chi connectivity index (χ4n) is 3.28. The maximum Gasteiger partial charge on any atom is 0.0409 e. The quantitative estimate of drug-likeness (QED) is 0.764. The summed E-state index contributed by atoms with van der Waals surface area (Å²) in [4.78, 5) is 0. The molecule has 112 valence electrons. The van der Waals surface area contributed by atoms with Crippen molar-refractivity contribution < 1.29 is 0 Å². The van der Waals surface area contributed by atoms with Crippen molar-refractivity contribution in [3.63, 3.8) is 0 Å². The van der Waals surface area contributed by atoms with E-state index in [1.165, 1.54) is 37.7 Å². The Balaban J connectivity index is 1.77. The third-order valence-electron chi connectivity index (χ3n) is 5.23. The topological polar surface area (TPSA) is 12.0 Å². The van der Waals surface area contributed by atoms with Gasteiger partial charge in [0.1, 0.15) is 0 Å². The molecule has 0 atom stereocenters. The Bertz CT molecular complexity index is 419. The fourth-order valence-corrected chi connectivity index (χ4v) is 3.49. The minimum atomic E-state index is 0.512. The Morgan fingerprint density at radius 1 is 1.20 bits per heavy atom. The summed E-state index contributed by atoms with van der Waals surface area (Å²) in [6.45, 7) is 8.12. The Hall–Kier alpha value is -0.530. The average molecular weight is 294 g/mol. The van der Waals surface area contributed by atoms with Crippen LogP contribution < -0.4 is 5.32 Å². The lowest BCUT2D eigenvalue weighted by atomic mass is 9.69. The van der Waals surface area contributed by atoms with Crippen molar-refractivity contribution in [1.29, 1.82) is 0 Å². The van der Waals surface area contributed by atoms with Crippen molar-refractivity contribution in [2.45, 2.75) is 65.5 Å². The van der Waals surface area contributed by atoms with Crippen molar-refractivity contribution >= 4 is 11.6 Å². The smallest absolute Gasteiger partial charge is 0.0409 e. The highest BCUT2D eigenvalue weighted by Crippen LogP contribution is 2.40. The van der Waals surface area contributed by atoms with Crippen LogP contribution >= 0.6 is 11.6 Å². The molecule has 2 rings (SSSR count). The van der Waals surface area contributed by atoms with E-state index in [0.717, 1.165) is 17.5 Å². The number of hydrogen-bond donors (Lipinski definition) is 1. The van der Waals surface area contributed by atoms with Gasteiger partial charge < -0.3 is 5.32 Å². The summed E-state index contributed by atoms with van der Waals surface area (Å²) in [7, 11) is 0. The van der Waals surface area contributed by atoms with Gasteiger partial charge in [0.05, 0.1) is 0 Å². The number of hydrogen-bond acceptors (Lipinski definition) is 1. The van der Waals surface area contributed by atoms with Crippen LogP contribution in [0, 0.1) is 11.3 Å². The molecule has 1 N–H and O–H groups in total. The first kappa shape index (κ1) is 15.9. The average Bonchev–Trinajstić information content (AvgIpc) is 2.46. The summed E-state index contributed by atoms with van der Waals surface area (Å²) < 4.78 is 0. The van der Waals surface area contributed by atoms with Gasteiger partial charge in [-0.1, -0.05) is 50.9 Å². The summed E-state index contributed by atoms with van der Waals surface area (Å²) in [6.07, 6.45) is 6.66. The van der Waals surface area contributed by atoms with Gasteiger partial charge in [0.2, 0.25) is 0 Å². The van der Waals surface area contributed by atoms with E-state index in [4.69, 9.17) is 11.6 Å². The summed E-state index contributed by atoms with van der Waals surface area (Å²) in [6, 6.07) is 8.84. The molecule has 1 aliphatic rings. The van der Waals surface area contributed by atoms with Crippen molar-refractivity contribution in [1.82, 2.24) is 5.32 Å². The second kappa shape index (κ2) is 6.95. The van der Waals surface area contributed by atoms with Gasteiger partial charge in [-0.2, -0.15) is 0 Å². The van der Waals surface area contributed by atoms with Crippen LogP contribution in [0.1, 0.15) is 58.4 Å². The van der Waals surface area contributed by atoms with Crippen LogP contribution in [-0.4, -0.2) is 6.04 Å². The van der Waals surface area contributed by atoms with Crippen molar-refractivity contribution in [3.05, 3.63) is 34.9 Å². The highest BCUT2D eigenvalue weighted by molar-refractivity contribution is 6.30. The summed E-state index contributed by atoms with van der Waals surface area (Å²) in [5.74, 6) is 0.900. The molecule has 0 unspecified atom stereocenters. The molecular formula is C18H28ClN. The molecule has 0 aromatic heterocycles. The van der Waals surface area contributed by atoms with Gasteiger partial charge in [-0.3, -0.25) is 0 Å². The van der Waals surface area contributed by atoms with Crippen LogP contribution in [0.2, 0.25) is 5.02 Å². The number of nitrogens with one attached hydrogen (secondary N) is 1. The number of rotatable bonds is 5. The standard InChI is InChI=1S/C18H28ClN/c1-4-18(2,3)15-8-10-17(11-9-15)20-13-14-6-5-7-16(19)12-14/h5-7,12,15,17,20H,4,8-11,13H2,1-3H3. The number of benzene rings is 1. The van der Waals surface area contributed by atoms with Crippen LogP contribution in [-0.2, 0) is 6.54 Å². The predicted octanol–water partition coefficient (Wildman–Crippen LogP) is 5.42. The molecule has 0 bridgehead atoms. The van der Waals surface area contributed by atoms with Crippen LogP contribution in [0.4, 0.5) is 0 Å². The van der Waals surface area contributed by atoms with Crippen LogP contribution in [0.3, 0.4) is 0 Å². The van der Waals surface area contributed by atoms with Crippen LogP contribution in [0.15, 0.2) is 24.3 Å². The van der Waals surface area contributed by atoms with Gasteiger partial charge in [-0.15, -0.1) is 0 Å². The van der Waals surface area contributed by atoms with E-state index in [0.29, 0.717) is 11.5 Å². The Morgan fingerprint density at radius 3 is 2.50 bits per heavy atom. The zero-order valence-electron chi connectivity index (χ0n) is 13.1. The highest BCUT2D eigenvalue weighted by Gasteiger charge is 2.31. The van der Waals surface area contributed by atoms with Gasteiger partial charge in [-0.25, -0.2) is 0 Å². The molecule has 1 aliphatic carbocycles. The molecular weight excluding hydrogens is 266 g/mol. The summed E-state index contributed by atoms with van der Waals surface area (Å²) in [5, 5.41) is 4.53. The first-order chi connectivity index (χ1) is 9.51. The molecule has 2 heteroatoms. The Morgan fingerprint density at radius 2 is 1.90 bits per heavy atom. The molecule has 0 amide bonds. The zero-order valence-corrected chi connectivity index (χ0v) is 13.8. The molecule has 1 saturated carbocycles. The van der Waals surface area contributed by atoms with Gasteiger partial charge in [0, 0.05) is 17.6 Å². The normalized spacial score (nSPS) is 23.8. The number of halogens is 1. The van der Waals surface area contributed by atoms with Crippen LogP contribution in [0.5, 0.6) is 0 Å². The minimum Gasteiger partial charge on any atom is -0.310 e. The van der Waals surface area contributed by atoms with Crippen molar-refractivity contribution in [2.75, 3.05) is 0 Å². The van der Waals surface area contributed by atoms with Gasteiger partial charge in [-0.05, 0) is 54.7 Å². The molecule has 0 spiro atoms. The van der Waals surface area contributed by atoms with Crippen LogP contribution in [0.25, 0.3) is 0 Å². The molecule has 20 heavy (non-hydrogen) atoms. The fraction of sp³-hybridized carbons (Fsp3) is 0.667. The van der Waals surface area contributed by atoms with E-state index >= 15 is 0 Å². The third-order valence-corrected chi connectivity index (χ3v) is 5.46. The van der Waals surface area contributed by atoms with E-state index in [1.807, 2.05) is 12.1 Å². The molecule has 1 aromatic carbocycles. The molecule has 1 aromatic rings. The van der Waals surface area contributed by atoms with E-state index in [2.05, 4.69) is 38.2 Å². The monoisotopic (exact) mass is 293 g/mol. The molecule has 0 radical (unpaired) electrons. The predicted molar refractivity (Wildman–Crippen MR) is 88.1 cm³/mol. The second-order valence-electron chi connectivity index (χ2n) is 6.90. The zero-order chi connectivity index (χ0) is 14.6. The minimum absolute atomic E-state index is 0.512. The Kier molecular flexibility index (Phi) is 5.51. The molecule has 0 aliphatic heterocycles. The van der Waals surface area contributed by atoms with E-state index in [9.17, 15) is 0 Å².